The number of nitrogens with zero attached hydrogens (tertiary/aromatic N) is 1. The van der Waals surface area contributed by atoms with Gasteiger partial charge in [0.2, 0.25) is 6.54 Å². The minimum atomic E-state index is -1.03. The SMILES string of the molecule is O=C(O)CC1(C[N+](=O)[O-])CCC(NC(=O)OCc2ccccc2)CC1. The topological polar surface area (TPSA) is 119 Å². The molecular weight excluding hydrogens is 328 g/mol. The third-order valence-electron chi connectivity index (χ3n) is 4.57. The summed E-state index contributed by atoms with van der Waals surface area (Å²) in [5.74, 6) is -1.03. The second kappa shape index (κ2) is 8.46. The number of benzene rings is 1. The number of nitrogens with one attached hydrogen (secondary N) is 1. The maximum Gasteiger partial charge on any atom is 0.407 e. The van der Waals surface area contributed by atoms with Crippen LogP contribution < -0.4 is 5.32 Å². The van der Waals surface area contributed by atoms with Crippen molar-refractivity contribution in [2.24, 2.45) is 5.41 Å². The average Bonchev–Trinajstić information content (AvgIpc) is 2.55. The third kappa shape index (κ3) is 6.06. The first-order valence-corrected chi connectivity index (χ1v) is 8.19. The molecule has 0 spiro atoms. The number of amides is 1. The van der Waals surface area contributed by atoms with Crippen LogP contribution in [-0.4, -0.2) is 34.7 Å². The van der Waals surface area contributed by atoms with Crippen molar-refractivity contribution in [2.45, 2.75) is 44.8 Å². The van der Waals surface area contributed by atoms with Gasteiger partial charge in [0.15, 0.2) is 0 Å². The normalized spacial score (nSPS) is 22.8. The molecule has 1 amide bonds. The molecule has 1 aliphatic carbocycles. The molecule has 1 aliphatic rings. The highest BCUT2D eigenvalue weighted by Gasteiger charge is 2.41. The molecule has 0 saturated heterocycles. The van der Waals surface area contributed by atoms with Gasteiger partial charge in [-0.25, -0.2) is 4.79 Å². The van der Waals surface area contributed by atoms with Crippen molar-refractivity contribution < 1.29 is 24.4 Å². The lowest BCUT2D eigenvalue weighted by molar-refractivity contribution is -0.499. The zero-order valence-electron chi connectivity index (χ0n) is 13.8. The first-order valence-electron chi connectivity index (χ1n) is 8.19. The Labute approximate surface area is 145 Å². The molecule has 25 heavy (non-hydrogen) atoms. The number of hydrogen-bond acceptors (Lipinski definition) is 5. The Balaban J connectivity index is 1.81. The molecule has 8 nitrogen and oxygen atoms in total. The van der Waals surface area contributed by atoms with Gasteiger partial charge in [-0.2, -0.15) is 0 Å². The number of hydrogen-bond donors (Lipinski definition) is 2. The highest BCUT2D eigenvalue weighted by atomic mass is 16.6. The van der Waals surface area contributed by atoms with Gasteiger partial charge in [-0.3, -0.25) is 14.9 Å². The monoisotopic (exact) mass is 350 g/mol. The van der Waals surface area contributed by atoms with Crippen LogP contribution in [0.2, 0.25) is 0 Å². The number of carbonyl (C=O) groups is 2. The van der Waals surface area contributed by atoms with Crippen molar-refractivity contribution in [1.82, 2.24) is 5.32 Å². The molecule has 1 fully saturated rings. The lowest BCUT2D eigenvalue weighted by Gasteiger charge is -2.36. The Morgan fingerprint density at radius 1 is 1.28 bits per heavy atom. The van der Waals surface area contributed by atoms with Crippen molar-refractivity contribution in [3.05, 3.63) is 46.0 Å². The Bertz CT molecular complexity index is 593. The molecule has 1 aromatic carbocycles. The lowest BCUT2D eigenvalue weighted by atomic mass is 9.70. The quantitative estimate of drug-likeness (QED) is 0.576. The second-order valence-electron chi connectivity index (χ2n) is 6.54. The number of rotatable bonds is 7. The summed E-state index contributed by atoms with van der Waals surface area (Å²) in [5, 5.41) is 22.6. The van der Waals surface area contributed by atoms with Crippen LogP contribution >= 0.6 is 0 Å². The predicted octanol–water partition coefficient (Wildman–Crippen LogP) is 2.59. The Morgan fingerprint density at radius 2 is 1.92 bits per heavy atom. The zero-order valence-corrected chi connectivity index (χ0v) is 13.8. The van der Waals surface area contributed by atoms with Crippen molar-refractivity contribution in [3.63, 3.8) is 0 Å². The van der Waals surface area contributed by atoms with Gasteiger partial charge in [0.25, 0.3) is 0 Å². The van der Waals surface area contributed by atoms with E-state index in [-0.39, 0.29) is 25.6 Å². The summed E-state index contributed by atoms with van der Waals surface area (Å²) in [7, 11) is 0. The van der Waals surface area contributed by atoms with E-state index in [1.807, 2.05) is 30.3 Å². The van der Waals surface area contributed by atoms with Gasteiger partial charge in [0, 0.05) is 16.4 Å². The lowest BCUT2D eigenvalue weighted by Crippen LogP contribution is -2.43. The van der Waals surface area contributed by atoms with E-state index in [2.05, 4.69) is 5.32 Å². The van der Waals surface area contributed by atoms with E-state index < -0.39 is 22.4 Å². The van der Waals surface area contributed by atoms with Crippen LogP contribution in [0.5, 0.6) is 0 Å². The van der Waals surface area contributed by atoms with Crippen molar-refractivity contribution in [3.8, 4) is 0 Å². The largest absolute Gasteiger partial charge is 0.481 e. The van der Waals surface area contributed by atoms with Crippen molar-refractivity contribution in [1.29, 1.82) is 0 Å². The molecule has 0 aliphatic heterocycles. The third-order valence-corrected chi connectivity index (χ3v) is 4.57. The molecule has 136 valence electrons. The van der Waals surface area contributed by atoms with Crippen LogP contribution in [0.25, 0.3) is 0 Å². The van der Waals surface area contributed by atoms with Crippen LogP contribution in [0, 0.1) is 15.5 Å². The highest BCUT2D eigenvalue weighted by Crippen LogP contribution is 2.39. The molecule has 1 saturated carbocycles. The summed E-state index contributed by atoms with van der Waals surface area (Å²) < 4.78 is 5.16. The fourth-order valence-electron chi connectivity index (χ4n) is 3.29. The minimum absolute atomic E-state index is 0.156. The van der Waals surface area contributed by atoms with Gasteiger partial charge in [-0.15, -0.1) is 0 Å². The van der Waals surface area contributed by atoms with E-state index in [1.54, 1.807) is 0 Å². The van der Waals surface area contributed by atoms with Crippen LogP contribution in [-0.2, 0) is 16.1 Å². The number of nitro groups is 1. The maximum atomic E-state index is 11.9. The van der Waals surface area contributed by atoms with Gasteiger partial charge in [0.05, 0.1) is 6.42 Å². The molecule has 0 unspecified atom stereocenters. The van der Waals surface area contributed by atoms with Gasteiger partial charge in [-0.05, 0) is 31.2 Å². The van der Waals surface area contributed by atoms with Gasteiger partial charge in [-0.1, -0.05) is 30.3 Å². The zero-order chi connectivity index (χ0) is 18.3. The Morgan fingerprint density at radius 3 is 2.48 bits per heavy atom. The molecule has 0 radical (unpaired) electrons. The van der Waals surface area contributed by atoms with E-state index in [0.717, 1.165) is 5.56 Å². The number of ether oxygens (including phenoxy) is 1. The smallest absolute Gasteiger partial charge is 0.407 e. The van der Waals surface area contributed by atoms with Gasteiger partial charge < -0.3 is 15.2 Å². The molecule has 2 N–H and O–H groups in total. The first-order chi connectivity index (χ1) is 11.9. The summed E-state index contributed by atoms with van der Waals surface area (Å²) in [6.45, 7) is -0.186. The first kappa shape index (κ1) is 18.7. The number of carboxylic acid groups (broad SMARTS) is 1. The van der Waals surface area contributed by atoms with E-state index >= 15 is 0 Å². The van der Waals surface area contributed by atoms with Crippen molar-refractivity contribution in [2.75, 3.05) is 6.54 Å². The Hall–Kier alpha value is -2.64. The van der Waals surface area contributed by atoms with Gasteiger partial charge in [0.1, 0.15) is 6.61 Å². The number of carboxylic acids is 1. The molecule has 2 rings (SSSR count). The summed E-state index contributed by atoms with van der Waals surface area (Å²) in [4.78, 5) is 33.3. The van der Waals surface area contributed by atoms with E-state index in [1.165, 1.54) is 0 Å². The second-order valence-corrected chi connectivity index (χ2v) is 6.54. The fourth-order valence-corrected chi connectivity index (χ4v) is 3.29. The molecule has 0 aromatic heterocycles. The summed E-state index contributed by atoms with van der Waals surface area (Å²) in [5.41, 5.74) is 0.0503. The minimum Gasteiger partial charge on any atom is -0.481 e. The maximum absolute atomic E-state index is 11.9. The average molecular weight is 350 g/mol. The van der Waals surface area contributed by atoms with Crippen LogP contribution in [0.15, 0.2) is 30.3 Å². The predicted molar refractivity (Wildman–Crippen MR) is 88.6 cm³/mol. The summed E-state index contributed by atoms with van der Waals surface area (Å²) in [6.07, 6.45) is 1.03. The number of aliphatic carboxylic acids is 1. The number of carbonyl (C=O) groups excluding carboxylic acids is 1. The molecule has 0 bridgehead atoms. The molecular formula is C17H22N2O6. The molecule has 1 aromatic rings. The standard InChI is InChI=1S/C17H22N2O6/c20-15(21)10-17(12-19(23)24)8-6-14(7-9-17)18-16(22)25-11-13-4-2-1-3-5-13/h1-5,14H,6-12H2,(H,18,22)(H,20,21). The summed E-state index contributed by atoms with van der Waals surface area (Å²) in [6, 6.07) is 9.14. The van der Waals surface area contributed by atoms with Crippen LogP contribution in [0.1, 0.15) is 37.7 Å². The Kier molecular flexibility index (Phi) is 6.32. The van der Waals surface area contributed by atoms with Crippen LogP contribution in [0.3, 0.4) is 0 Å². The van der Waals surface area contributed by atoms with Crippen molar-refractivity contribution >= 4 is 12.1 Å². The number of alkyl carbamates (subject to hydrolysis) is 1. The van der Waals surface area contributed by atoms with Gasteiger partial charge >= 0.3 is 12.1 Å². The van der Waals surface area contributed by atoms with Crippen LogP contribution in [0.4, 0.5) is 4.79 Å². The van der Waals surface area contributed by atoms with E-state index in [0.29, 0.717) is 25.7 Å². The molecule has 8 heteroatoms. The van der Waals surface area contributed by atoms with E-state index in [4.69, 9.17) is 9.84 Å². The fraction of sp³-hybridized carbons (Fsp3) is 0.529. The summed E-state index contributed by atoms with van der Waals surface area (Å²) >= 11 is 0. The highest BCUT2D eigenvalue weighted by molar-refractivity contribution is 5.68. The molecule has 0 atom stereocenters. The van der Waals surface area contributed by atoms with E-state index in [9.17, 15) is 19.7 Å². The molecule has 0 heterocycles.